The molecule has 2 rings (SSSR count). The molecule has 21 heavy (non-hydrogen) atoms. The van der Waals surface area contributed by atoms with Crippen molar-refractivity contribution in [3.63, 3.8) is 0 Å². The molecule has 3 unspecified atom stereocenters. The Morgan fingerprint density at radius 2 is 2.00 bits per heavy atom. The van der Waals surface area contributed by atoms with Crippen molar-refractivity contribution in [2.75, 3.05) is 0 Å². The van der Waals surface area contributed by atoms with E-state index in [1.54, 1.807) is 6.07 Å². The van der Waals surface area contributed by atoms with E-state index in [4.69, 9.17) is 11.6 Å². The third kappa shape index (κ3) is 4.89. The fourth-order valence-electron chi connectivity index (χ4n) is 3.16. The Morgan fingerprint density at radius 3 is 2.67 bits per heavy atom. The van der Waals surface area contributed by atoms with Crippen LogP contribution in [-0.4, -0.2) is 18.3 Å². The van der Waals surface area contributed by atoms with E-state index < -0.39 is 18.1 Å². The van der Waals surface area contributed by atoms with E-state index in [0.29, 0.717) is 24.3 Å². The zero-order chi connectivity index (χ0) is 15.5. The monoisotopic (exact) mass is 319 g/mol. The van der Waals surface area contributed by atoms with Gasteiger partial charge in [-0.1, -0.05) is 36.6 Å². The molecule has 1 aliphatic rings. The fourth-order valence-corrected chi connectivity index (χ4v) is 3.38. The zero-order valence-electron chi connectivity index (χ0n) is 12.1. The summed E-state index contributed by atoms with van der Waals surface area (Å²) in [5, 5.41) is 3.84. The van der Waals surface area contributed by atoms with Gasteiger partial charge in [-0.15, -0.1) is 0 Å². The van der Waals surface area contributed by atoms with Gasteiger partial charge in [0.2, 0.25) is 0 Å². The quantitative estimate of drug-likeness (QED) is 0.825. The van der Waals surface area contributed by atoms with Crippen LogP contribution in [0.4, 0.5) is 13.2 Å². The predicted molar refractivity (Wildman–Crippen MR) is 79.6 cm³/mol. The highest BCUT2D eigenvalue weighted by molar-refractivity contribution is 6.30. The van der Waals surface area contributed by atoms with Crippen molar-refractivity contribution in [3.05, 3.63) is 34.9 Å². The minimum atomic E-state index is -4.10. The number of benzene rings is 1. The zero-order valence-corrected chi connectivity index (χ0v) is 12.8. The van der Waals surface area contributed by atoms with Gasteiger partial charge in [0.25, 0.3) is 0 Å². The number of halogens is 4. The number of alkyl halides is 3. The third-order valence-corrected chi connectivity index (χ3v) is 4.35. The molecule has 0 bridgehead atoms. The molecule has 0 aromatic heterocycles. The molecule has 0 saturated heterocycles. The molecular formula is C16H21ClF3N. The van der Waals surface area contributed by atoms with Crippen LogP contribution in [0, 0.1) is 5.92 Å². The fraction of sp³-hybridized carbons (Fsp3) is 0.625. The van der Waals surface area contributed by atoms with Crippen molar-refractivity contribution in [1.82, 2.24) is 5.32 Å². The lowest BCUT2D eigenvalue weighted by atomic mass is 9.83. The molecule has 1 N–H and O–H groups in total. The molecule has 0 heterocycles. The molecule has 0 radical (unpaired) electrons. The number of hydrogen-bond donors (Lipinski definition) is 1. The van der Waals surface area contributed by atoms with Crippen LogP contribution in [0.15, 0.2) is 24.3 Å². The number of rotatable bonds is 4. The summed E-state index contributed by atoms with van der Waals surface area (Å²) in [6, 6.07) is 7.01. The van der Waals surface area contributed by atoms with Gasteiger partial charge in [0.1, 0.15) is 0 Å². The lowest BCUT2D eigenvalue weighted by molar-refractivity contribution is -0.189. The Balaban J connectivity index is 1.95. The number of nitrogens with one attached hydrogen (secondary N) is 1. The lowest BCUT2D eigenvalue weighted by Crippen LogP contribution is -2.49. The van der Waals surface area contributed by atoms with Gasteiger partial charge in [0, 0.05) is 17.1 Å². The second-order valence-corrected chi connectivity index (χ2v) is 6.38. The first kappa shape index (κ1) is 16.6. The first-order chi connectivity index (χ1) is 9.86. The van der Waals surface area contributed by atoms with Crippen LogP contribution >= 0.6 is 11.6 Å². The molecule has 1 aromatic carbocycles. The SMILES string of the molecule is CC(Cc1cccc(Cl)c1)NC1CCCCC1C(F)(F)F. The molecule has 118 valence electrons. The molecule has 0 aliphatic heterocycles. The van der Waals surface area contributed by atoms with E-state index in [0.717, 1.165) is 12.0 Å². The van der Waals surface area contributed by atoms with E-state index in [2.05, 4.69) is 5.32 Å². The smallest absolute Gasteiger partial charge is 0.311 e. The maximum Gasteiger partial charge on any atom is 0.393 e. The van der Waals surface area contributed by atoms with Crippen LogP contribution in [-0.2, 0) is 6.42 Å². The summed E-state index contributed by atoms with van der Waals surface area (Å²) in [7, 11) is 0. The molecule has 1 fully saturated rings. The van der Waals surface area contributed by atoms with Crippen molar-refractivity contribution in [2.45, 2.75) is 57.3 Å². The maximum atomic E-state index is 13.1. The molecule has 0 amide bonds. The van der Waals surface area contributed by atoms with Gasteiger partial charge >= 0.3 is 6.18 Å². The lowest BCUT2D eigenvalue weighted by Gasteiger charge is -2.35. The van der Waals surface area contributed by atoms with E-state index in [1.807, 2.05) is 25.1 Å². The second-order valence-electron chi connectivity index (χ2n) is 5.94. The third-order valence-electron chi connectivity index (χ3n) is 4.12. The van der Waals surface area contributed by atoms with Gasteiger partial charge in [-0.2, -0.15) is 13.2 Å². The summed E-state index contributed by atoms with van der Waals surface area (Å²) >= 11 is 5.93. The summed E-state index contributed by atoms with van der Waals surface area (Å²) in [5.74, 6) is -1.21. The van der Waals surface area contributed by atoms with Gasteiger partial charge in [-0.05, 0) is 43.9 Å². The normalized spacial score (nSPS) is 24.8. The molecule has 1 saturated carbocycles. The number of hydrogen-bond acceptors (Lipinski definition) is 1. The van der Waals surface area contributed by atoms with Gasteiger partial charge in [-0.3, -0.25) is 0 Å². The average molecular weight is 320 g/mol. The average Bonchev–Trinajstić information content (AvgIpc) is 2.37. The van der Waals surface area contributed by atoms with Crippen molar-refractivity contribution in [2.24, 2.45) is 5.92 Å². The Bertz CT molecular complexity index is 461. The highest BCUT2D eigenvalue weighted by Gasteiger charge is 2.45. The summed E-state index contributed by atoms with van der Waals surface area (Å²) < 4.78 is 39.2. The van der Waals surface area contributed by atoms with Crippen LogP contribution < -0.4 is 5.32 Å². The molecular weight excluding hydrogens is 299 g/mol. The van der Waals surface area contributed by atoms with E-state index in [-0.39, 0.29) is 12.5 Å². The van der Waals surface area contributed by atoms with Crippen molar-refractivity contribution in [1.29, 1.82) is 0 Å². The van der Waals surface area contributed by atoms with E-state index in [9.17, 15) is 13.2 Å². The van der Waals surface area contributed by atoms with Crippen LogP contribution in [0.2, 0.25) is 5.02 Å². The molecule has 1 aliphatic carbocycles. The van der Waals surface area contributed by atoms with Crippen molar-refractivity contribution >= 4 is 11.6 Å². The highest BCUT2D eigenvalue weighted by Crippen LogP contribution is 2.37. The van der Waals surface area contributed by atoms with Gasteiger partial charge in [-0.25, -0.2) is 0 Å². The second kappa shape index (κ2) is 7.01. The summed E-state index contributed by atoms with van der Waals surface area (Å²) in [5.41, 5.74) is 1.04. The minimum Gasteiger partial charge on any atom is -0.311 e. The van der Waals surface area contributed by atoms with E-state index in [1.165, 1.54) is 0 Å². The van der Waals surface area contributed by atoms with Crippen molar-refractivity contribution in [3.8, 4) is 0 Å². The Hall–Kier alpha value is -0.740. The van der Waals surface area contributed by atoms with Gasteiger partial charge in [0.05, 0.1) is 5.92 Å². The topological polar surface area (TPSA) is 12.0 Å². The molecule has 5 heteroatoms. The molecule has 1 nitrogen and oxygen atoms in total. The first-order valence-corrected chi connectivity index (χ1v) is 7.81. The standard InChI is InChI=1S/C16H21ClF3N/c1-11(9-12-5-4-6-13(17)10-12)21-15-8-3-2-7-14(15)16(18,19)20/h4-6,10-11,14-15,21H,2-3,7-9H2,1H3. The highest BCUT2D eigenvalue weighted by atomic mass is 35.5. The summed E-state index contributed by atoms with van der Waals surface area (Å²) in [4.78, 5) is 0. The summed E-state index contributed by atoms with van der Waals surface area (Å²) in [6.07, 6.45) is -1.04. The van der Waals surface area contributed by atoms with Gasteiger partial charge < -0.3 is 5.32 Å². The van der Waals surface area contributed by atoms with Crippen LogP contribution in [0.25, 0.3) is 0 Å². The van der Waals surface area contributed by atoms with Crippen LogP contribution in [0.3, 0.4) is 0 Å². The molecule has 1 aromatic rings. The Labute approximate surface area is 128 Å². The Kier molecular flexibility index (Phi) is 5.55. The van der Waals surface area contributed by atoms with Crippen molar-refractivity contribution < 1.29 is 13.2 Å². The van der Waals surface area contributed by atoms with Gasteiger partial charge in [0.15, 0.2) is 0 Å². The molecule has 3 atom stereocenters. The molecule has 0 spiro atoms. The first-order valence-electron chi connectivity index (χ1n) is 7.43. The van der Waals surface area contributed by atoms with E-state index >= 15 is 0 Å². The van der Waals surface area contributed by atoms with Crippen LogP contribution in [0.1, 0.15) is 38.2 Å². The maximum absolute atomic E-state index is 13.1. The largest absolute Gasteiger partial charge is 0.393 e. The van der Waals surface area contributed by atoms with Crippen LogP contribution in [0.5, 0.6) is 0 Å². The predicted octanol–water partition coefficient (Wildman–Crippen LogP) is 4.98. The Morgan fingerprint density at radius 1 is 1.29 bits per heavy atom. The summed E-state index contributed by atoms with van der Waals surface area (Å²) in [6.45, 7) is 1.93. The minimum absolute atomic E-state index is 0.00332.